The number of carbonyl (C=O) groups is 2. The fraction of sp³-hybridized carbons (Fsp3) is 0.913. The molecule has 1 unspecified atom stereocenters. The van der Waals surface area contributed by atoms with Crippen molar-refractivity contribution in [3.8, 4) is 0 Å². The molecule has 0 fully saturated rings. The Bertz CT molecular complexity index is 396. The quantitative estimate of drug-likeness (QED) is 0.232. The first-order valence-electron chi connectivity index (χ1n) is 11.5. The summed E-state index contributed by atoms with van der Waals surface area (Å²) >= 11 is 0. The summed E-state index contributed by atoms with van der Waals surface area (Å²) in [6, 6.07) is -0.636. The SMILES string of the molecule is CCCCCCCCCCCCOC(=O)C(CC(C)C)NC(=O)OCC(C)C. The van der Waals surface area contributed by atoms with E-state index in [1.54, 1.807) is 0 Å². The van der Waals surface area contributed by atoms with Crippen LogP contribution in [0.4, 0.5) is 4.79 Å². The maximum absolute atomic E-state index is 12.3. The fourth-order valence-corrected chi connectivity index (χ4v) is 2.97. The number of esters is 1. The van der Waals surface area contributed by atoms with Gasteiger partial charge in [0.1, 0.15) is 6.04 Å². The molecular formula is C23H45NO4. The zero-order valence-corrected chi connectivity index (χ0v) is 19.1. The monoisotopic (exact) mass is 399 g/mol. The summed E-state index contributed by atoms with van der Waals surface area (Å²) in [7, 11) is 0. The summed E-state index contributed by atoms with van der Waals surface area (Å²) in [4.78, 5) is 24.2. The number of amides is 1. The van der Waals surface area contributed by atoms with E-state index in [2.05, 4.69) is 12.2 Å². The van der Waals surface area contributed by atoms with Crippen molar-refractivity contribution in [2.45, 2.75) is 111 Å². The first-order chi connectivity index (χ1) is 13.4. The first kappa shape index (κ1) is 26.7. The van der Waals surface area contributed by atoms with E-state index < -0.39 is 12.1 Å². The molecule has 0 aliphatic carbocycles. The van der Waals surface area contributed by atoms with Crippen molar-refractivity contribution in [2.24, 2.45) is 11.8 Å². The lowest BCUT2D eigenvalue weighted by molar-refractivity contribution is -0.146. The van der Waals surface area contributed by atoms with E-state index in [0.717, 1.165) is 12.8 Å². The van der Waals surface area contributed by atoms with E-state index in [4.69, 9.17) is 9.47 Å². The van der Waals surface area contributed by atoms with Gasteiger partial charge >= 0.3 is 12.1 Å². The van der Waals surface area contributed by atoms with Gasteiger partial charge in [0.2, 0.25) is 0 Å². The van der Waals surface area contributed by atoms with Crippen LogP contribution in [0.25, 0.3) is 0 Å². The summed E-state index contributed by atoms with van der Waals surface area (Å²) in [5, 5.41) is 2.66. The minimum absolute atomic E-state index is 0.262. The van der Waals surface area contributed by atoms with Crippen LogP contribution in [-0.2, 0) is 14.3 Å². The van der Waals surface area contributed by atoms with Gasteiger partial charge in [-0.1, -0.05) is 92.4 Å². The van der Waals surface area contributed by atoms with Gasteiger partial charge in [0.05, 0.1) is 13.2 Å². The summed E-state index contributed by atoms with van der Waals surface area (Å²) in [6.07, 6.45) is 12.4. The Hall–Kier alpha value is -1.26. The third kappa shape index (κ3) is 16.9. The lowest BCUT2D eigenvalue weighted by atomic mass is 10.0. The van der Waals surface area contributed by atoms with Crippen molar-refractivity contribution in [3.05, 3.63) is 0 Å². The molecule has 0 saturated carbocycles. The highest BCUT2D eigenvalue weighted by Gasteiger charge is 2.24. The lowest BCUT2D eigenvalue weighted by Crippen LogP contribution is -2.43. The van der Waals surface area contributed by atoms with Gasteiger partial charge in [0.15, 0.2) is 0 Å². The second-order valence-corrected chi connectivity index (χ2v) is 8.67. The van der Waals surface area contributed by atoms with E-state index in [0.29, 0.717) is 19.6 Å². The number of hydrogen-bond donors (Lipinski definition) is 1. The Balaban J connectivity index is 3.91. The molecular weight excluding hydrogens is 354 g/mol. The van der Waals surface area contributed by atoms with Gasteiger partial charge in [-0.05, 0) is 24.7 Å². The molecule has 1 amide bonds. The van der Waals surface area contributed by atoms with E-state index >= 15 is 0 Å². The van der Waals surface area contributed by atoms with Crippen molar-refractivity contribution in [1.82, 2.24) is 5.32 Å². The fourth-order valence-electron chi connectivity index (χ4n) is 2.97. The smallest absolute Gasteiger partial charge is 0.407 e. The molecule has 0 radical (unpaired) electrons. The van der Waals surface area contributed by atoms with Crippen LogP contribution in [0.15, 0.2) is 0 Å². The van der Waals surface area contributed by atoms with Crippen LogP contribution >= 0.6 is 0 Å². The summed E-state index contributed by atoms with van der Waals surface area (Å²) in [5.74, 6) is 0.184. The molecule has 0 aliphatic heterocycles. The highest BCUT2D eigenvalue weighted by molar-refractivity contribution is 5.81. The predicted octanol–water partition coefficient (Wildman–Crippen LogP) is 6.25. The molecule has 0 spiro atoms. The van der Waals surface area contributed by atoms with Crippen LogP contribution in [0.3, 0.4) is 0 Å². The minimum atomic E-state index is -0.636. The number of ether oxygens (including phenoxy) is 2. The van der Waals surface area contributed by atoms with Gasteiger partial charge in [-0.25, -0.2) is 9.59 Å². The van der Waals surface area contributed by atoms with Gasteiger partial charge in [0, 0.05) is 0 Å². The van der Waals surface area contributed by atoms with Crippen LogP contribution in [0.1, 0.15) is 105 Å². The molecule has 0 bridgehead atoms. The standard InChI is InChI=1S/C23H45NO4/c1-6-7-8-9-10-11-12-13-14-15-16-27-22(25)21(17-19(2)3)24-23(26)28-18-20(4)5/h19-21H,6-18H2,1-5H3,(H,24,26). The Morgan fingerprint density at radius 1 is 0.750 bits per heavy atom. The molecule has 1 N–H and O–H groups in total. The third-order valence-electron chi connectivity index (χ3n) is 4.57. The molecule has 0 aromatic carbocycles. The predicted molar refractivity (Wildman–Crippen MR) is 115 cm³/mol. The van der Waals surface area contributed by atoms with Crippen LogP contribution in [0.5, 0.6) is 0 Å². The summed E-state index contributed by atoms with van der Waals surface area (Å²) < 4.78 is 10.5. The molecule has 0 saturated heterocycles. The number of nitrogens with one attached hydrogen (secondary N) is 1. The molecule has 28 heavy (non-hydrogen) atoms. The van der Waals surface area contributed by atoms with Gasteiger partial charge < -0.3 is 14.8 Å². The van der Waals surface area contributed by atoms with Crippen molar-refractivity contribution < 1.29 is 19.1 Å². The number of rotatable bonds is 17. The zero-order valence-electron chi connectivity index (χ0n) is 19.1. The molecule has 5 nitrogen and oxygen atoms in total. The van der Waals surface area contributed by atoms with E-state index in [9.17, 15) is 9.59 Å². The van der Waals surface area contributed by atoms with Crippen LogP contribution in [-0.4, -0.2) is 31.3 Å². The zero-order chi connectivity index (χ0) is 21.2. The summed E-state index contributed by atoms with van der Waals surface area (Å²) in [5.41, 5.74) is 0. The third-order valence-corrected chi connectivity index (χ3v) is 4.57. The van der Waals surface area contributed by atoms with E-state index in [1.807, 2.05) is 27.7 Å². The number of alkyl carbamates (subject to hydrolysis) is 1. The summed E-state index contributed by atoms with van der Waals surface area (Å²) in [6.45, 7) is 11.0. The Morgan fingerprint density at radius 2 is 1.29 bits per heavy atom. The largest absolute Gasteiger partial charge is 0.464 e. The molecule has 0 heterocycles. The van der Waals surface area contributed by atoms with Crippen molar-refractivity contribution in [2.75, 3.05) is 13.2 Å². The molecule has 166 valence electrons. The Kier molecular flexibility index (Phi) is 17.0. The van der Waals surface area contributed by atoms with E-state index in [-0.39, 0.29) is 17.8 Å². The maximum atomic E-state index is 12.3. The van der Waals surface area contributed by atoms with Crippen LogP contribution in [0, 0.1) is 11.8 Å². The van der Waals surface area contributed by atoms with Gasteiger partial charge in [-0.2, -0.15) is 0 Å². The van der Waals surface area contributed by atoms with Gasteiger partial charge in [-0.3, -0.25) is 0 Å². The topological polar surface area (TPSA) is 64.6 Å². The van der Waals surface area contributed by atoms with Crippen molar-refractivity contribution >= 4 is 12.1 Å². The molecule has 0 rings (SSSR count). The molecule has 0 aromatic heterocycles. The average Bonchev–Trinajstić information content (AvgIpc) is 2.63. The second kappa shape index (κ2) is 17.8. The normalized spacial score (nSPS) is 12.2. The van der Waals surface area contributed by atoms with Gasteiger partial charge in [-0.15, -0.1) is 0 Å². The Labute approximate surface area is 173 Å². The van der Waals surface area contributed by atoms with Crippen LogP contribution < -0.4 is 5.32 Å². The highest BCUT2D eigenvalue weighted by atomic mass is 16.6. The average molecular weight is 400 g/mol. The number of carbonyl (C=O) groups excluding carboxylic acids is 2. The molecule has 1 atom stereocenters. The molecule has 0 aromatic rings. The van der Waals surface area contributed by atoms with E-state index in [1.165, 1.54) is 51.4 Å². The van der Waals surface area contributed by atoms with Crippen molar-refractivity contribution in [1.29, 1.82) is 0 Å². The minimum Gasteiger partial charge on any atom is -0.464 e. The molecule has 5 heteroatoms. The Morgan fingerprint density at radius 3 is 1.79 bits per heavy atom. The lowest BCUT2D eigenvalue weighted by Gasteiger charge is -2.19. The number of hydrogen-bond acceptors (Lipinski definition) is 4. The molecule has 0 aliphatic rings. The first-order valence-corrected chi connectivity index (χ1v) is 11.5. The van der Waals surface area contributed by atoms with Crippen LogP contribution in [0.2, 0.25) is 0 Å². The number of unbranched alkanes of at least 4 members (excludes halogenated alkanes) is 9. The maximum Gasteiger partial charge on any atom is 0.407 e. The highest BCUT2D eigenvalue weighted by Crippen LogP contribution is 2.11. The second-order valence-electron chi connectivity index (χ2n) is 8.67. The van der Waals surface area contributed by atoms with Crippen molar-refractivity contribution in [3.63, 3.8) is 0 Å². The van der Waals surface area contributed by atoms with Gasteiger partial charge in [0.25, 0.3) is 0 Å².